The standard InChI is InChI=1S/C13H9F5N2/c14-9-3-8(4-10(15)5-9)6-19-11-1-2-12(20-7-11)13(16,17)18/h1-5,7,19H,6H2. The van der Waals surface area contributed by atoms with E-state index in [1.54, 1.807) is 0 Å². The van der Waals surface area contributed by atoms with E-state index >= 15 is 0 Å². The molecule has 2 aromatic rings. The molecule has 0 saturated carbocycles. The van der Waals surface area contributed by atoms with E-state index in [9.17, 15) is 22.0 Å². The molecule has 0 fully saturated rings. The fourth-order valence-corrected chi connectivity index (χ4v) is 1.58. The van der Waals surface area contributed by atoms with Crippen molar-refractivity contribution in [1.29, 1.82) is 0 Å². The normalized spacial score (nSPS) is 11.4. The van der Waals surface area contributed by atoms with Crippen LogP contribution in [0.15, 0.2) is 36.5 Å². The van der Waals surface area contributed by atoms with Crippen LogP contribution in [0.3, 0.4) is 0 Å². The van der Waals surface area contributed by atoms with Gasteiger partial charge in [-0.3, -0.25) is 0 Å². The molecule has 0 bridgehead atoms. The second kappa shape index (κ2) is 5.44. The van der Waals surface area contributed by atoms with Gasteiger partial charge in [0.2, 0.25) is 0 Å². The first-order valence-corrected chi connectivity index (χ1v) is 5.57. The lowest BCUT2D eigenvalue weighted by molar-refractivity contribution is -0.141. The number of rotatable bonds is 3. The van der Waals surface area contributed by atoms with Crippen molar-refractivity contribution >= 4 is 5.69 Å². The van der Waals surface area contributed by atoms with E-state index in [1.165, 1.54) is 6.07 Å². The SMILES string of the molecule is Fc1cc(F)cc(CNc2ccc(C(F)(F)F)nc2)c1. The van der Waals surface area contributed by atoms with Gasteiger partial charge in [0.1, 0.15) is 17.3 Å². The number of aromatic nitrogens is 1. The second-order valence-corrected chi connectivity index (χ2v) is 4.06. The molecule has 1 aromatic heterocycles. The summed E-state index contributed by atoms with van der Waals surface area (Å²) in [6.45, 7) is 0.0712. The number of benzene rings is 1. The van der Waals surface area contributed by atoms with E-state index in [0.29, 0.717) is 11.3 Å². The highest BCUT2D eigenvalue weighted by molar-refractivity contribution is 5.42. The van der Waals surface area contributed by atoms with Crippen molar-refractivity contribution in [3.05, 3.63) is 59.4 Å². The summed E-state index contributed by atoms with van der Waals surface area (Å²) in [5, 5.41) is 2.73. The fraction of sp³-hybridized carbons (Fsp3) is 0.154. The van der Waals surface area contributed by atoms with E-state index in [1.807, 2.05) is 0 Å². The summed E-state index contributed by atoms with van der Waals surface area (Å²) in [5.41, 5.74) is -0.343. The minimum Gasteiger partial charge on any atom is -0.380 e. The van der Waals surface area contributed by atoms with Gasteiger partial charge in [0, 0.05) is 12.6 Å². The number of hydrogen-bond acceptors (Lipinski definition) is 2. The van der Waals surface area contributed by atoms with E-state index < -0.39 is 23.5 Å². The summed E-state index contributed by atoms with van der Waals surface area (Å²) in [6.07, 6.45) is -3.48. The average molecular weight is 288 g/mol. The molecule has 0 unspecified atom stereocenters. The Labute approximate surface area is 111 Å². The Morgan fingerprint density at radius 3 is 2.15 bits per heavy atom. The van der Waals surface area contributed by atoms with E-state index in [2.05, 4.69) is 10.3 Å². The van der Waals surface area contributed by atoms with Gasteiger partial charge in [0.25, 0.3) is 0 Å². The summed E-state index contributed by atoms with van der Waals surface area (Å²) in [7, 11) is 0. The maximum Gasteiger partial charge on any atom is 0.433 e. The van der Waals surface area contributed by atoms with Crippen molar-refractivity contribution in [2.75, 3.05) is 5.32 Å². The van der Waals surface area contributed by atoms with Crippen molar-refractivity contribution in [1.82, 2.24) is 4.98 Å². The summed E-state index contributed by atoms with van der Waals surface area (Å²) in [6, 6.07) is 5.03. The Balaban J connectivity index is 2.04. The summed E-state index contributed by atoms with van der Waals surface area (Å²) in [4.78, 5) is 3.26. The molecule has 0 amide bonds. The first-order valence-electron chi connectivity index (χ1n) is 5.57. The monoisotopic (exact) mass is 288 g/mol. The van der Waals surface area contributed by atoms with Gasteiger partial charge in [-0.1, -0.05) is 0 Å². The maximum atomic E-state index is 12.9. The maximum absolute atomic E-state index is 12.9. The van der Waals surface area contributed by atoms with Crippen molar-refractivity contribution < 1.29 is 22.0 Å². The van der Waals surface area contributed by atoms with Gasteiger partial charge >= 0.3 is 6.18 Å². The van der Waals surface area contributed by atoms with E-state index in [-0.39, 0.29) is 6.54 Å². The average Bonchev–Trinajstić information content (AvgIpc) is 2.35. The minimum absolute atomic E-state index is 0.0712. The van der Waals surface area contributed by atoms with Crippen LogP contribution in [0.1, 0.15) is 11.3 Å². The molecule has 0 atom stereocenters. The van der Waals surface area contributed by atoms with Crippen LogP contribution in [0, 0.1) is 11.6 Å². The van der Waals surface area contributed by atoms with Crippen LogP contribution in [0.5, 0.6) is 0 Å². The molecule has 0 saturated heterocycles. The molecule has 0 spiro atoms. The first kappa shape index (κ1) is 14.2. The van der Waals surface area contributed by atoms with Gasteiger partial charge in [-0.15, -0.1) is 0 Å². The Hall–Kier alpha value is -2.18. The molecule has 106 valence electrons. The summed E-state index contributed by atoms with van der Waals surface area (Å²) >= 11 is 0. The number of anilines is 1. The van der Waals surface area contributed by atoms with Crippen LogP contribution in [0.4, 0.5) is 27.6 Å². The van der Waals surface area contributed by atoms with Crippen LogP contribution in [0.2, 0.25) is 0 Å². The van der Waals surface area contributed by atoms with Crippen LogP contribution >= 0.6 is 0 Å². The molecule has 2 nitrogen and oxygen atoms in total. The Bertz CT molecular complexity index is 572. The van der Waals surface area contributed by atoms with Crippen LogP contribution in [-0.2, 0) is 12.7 Å². The van der Waals surface area contributed by atoms with Crippen molar-refractivity contribution in [2.24, 2.45) is 0 Å². The molecule has 2 rings (SSSR count). The van der Waals surface area contributed by atoms with Gasteiger partial charge in [-0.25, -0.2) is 13.8 Å². The molecule has 20 heavy (non-hydrogen) atoms. The lowest BCUT2D eigenvalue weighted by Gasteiger charge is -2.09. The van der Waals surface area contributed by atoms with Gasteiger partial charge in [0.15, 0.2) is 0 Å². The minimum atomic E-state index is -4.50. The molecular formula is C13H9F5N2. The lowest BCUT2D eigenvalue weighted by Crippen LogP contribution is -2.08. The number of pyridine rings is 1. The zero-order valence-corrected chi connectivity index (χ0v) is 10.0. The summed E-state index contributed by atoms with van der Waals surface area (Å²) < 4.78 is 62.7. The molecule has 1 N–H and O–H groups in total. The number of hydrogen-bond donors (Lipinski definition) is 1. The van der Waals surface area contributed by atoms with Gasteiger partial charge in [-0.05, 0) is 29.8 Å². The zero-order valence-electron chi connectivity index (χ0n) is 10.0. The first-order chi connectivity index (χ1) is 9.34. The second-order valence-electron chi connectivity index (χ2n) is 4.06. The number of alkyl halides is 3. The third kappa shape index (κ3) is 3.66. The zero-order chi connectivity index (χ0) is 14.8. The van der Waals surface area contributed by atoms with Gasteiger partial charge < -0.3 is 5.32 Å². The van der Waals surface area contributed by atoms with Crippen LogP contribution in [0.25, 0.3) is 0 Å². The Morgan fingerprint density at radius 1 is 1.00 bits per heavy atom. The lowest BCUT2D eigenvalue weighted by atomic mass is 10.2. The van der Waals surface area contributed by atoms with Crippen LogP contribution < -0.4 is 5.32 Å². The largest absolute Gasteiger partial charge is 0.433 e. The van der Waals surface area contributed by atoms with Gasteiger partial charge in [0.05, 0.1) is 11.9 Å². The highest BCUT2D eigenvalue weighted by atomic mass is 19.4. The topological polar surface area (TPSA) is 24.9 Å². The Morgan fingerprint density at radius 2 is 1.65 bits per heavy atom. The summed E-state index contributed by atoms with van der Waals surface area (Å²) in [5.74, 6) is -1.43. The molecular weight excluding hydrogens is 279 g/mol. The van der Waals surface area contributed by atoms with Crippen LogP contribution in [-0.4, -0.2) is 4.98 Å². The third-order valence-electron chi connectivity index (χ3n) is 2.47. The number of nitrogens with one attached hydrogen (secondary N) is 1. The molecule has 0 radical (unpaired) electrons. The highest BCUT2D eigenvalue weighted by Gasteiger charge is 2.31. The smallest absolute Gasteiger partial charge is 0.380 e. The molecule has 1 heterocycles. The predicted octanol–water partition coefficient (Wildman–Crippen LogP) is 3.99. The van der Waals surface area contributed by atoms with Crippen molar-refractivity contribution in [3.63, 3.8) is 0 Å². The van der Waals surface area contributed by atoms with E-state index in [4.69, 9.17) is 0 Å². The molecule has 7 heteroatoms. The predicted molar refractivity (Wildman–Crippen MR) is 62.9 cm³/mol. The third-order valence-corrected chi connectivity index (χ3v) is 2.47. The molecule has 0 aliphatic heterocycles. The highest BCUT2D eigenvalue weighted by Crippen LogP contribution is 2.27. The number of nitrogens with zero attached hydrogens (tertiary/aromatic N) is 1. The van der Waals surface area contributed by atoms with Crippen molar-refractivity contribution in [2.45, 2.75) is 12.7 Å². The molecule has 0 aliphatic carbocycles. The van der Waals surface area contributed by atoms with E-state index in [0.717, 1.165) is 30.5 Å². The fourth-order valence-electron chi connectivity index (χ4n) is 1.58. The molecule has 0 aliphatic rings. The molecule has 1 aromatic carbocycles. The number of halogens is 5. The van der Waals surface area contributed by atoms with Crippen molar-refractivity contribution in [3.8, 4) is 0 Å². The van der Waals surface area contributed by atoms with Gasteiger partial charge in [-0.2, -0.15) is 13.2 Å². The quantitative estimate of drug-likeness (QED) is 0.864. The Kier molecular flexibility index (Phi) is 3.87.